The molecule has 1 aromatic heterocycles. The van der Waals surface area contributed by atoms with Crippen LogP contribution in [-0.2, 0) is 0 Å². The molecule has 162 valence electrons. The number of hydrogen-bond donors (Lipinski definition) is 0. The van der Waals surface area contributed by atoms with E-state index < -0.39 is 5.25 Å². The van der Waals surface area contributed by atoms with E-state index in [-0.39, 0.29) is 11.5 Å². The molecule has 0 saturated carbocycles. The van der Waals surface area contributed by atoms with Gasteiger partial charge in [0.05, 0.1) is 12.1 Å². The maximum Gasteiger partial charge on any atom is 0.220 e. The zero-order chi connectivity index (χ0) is 22.4. The van der Waals surface area contributed by atoms with Gasteiger partial charge in [-0.25, -0.2) is 0 Å². The largest absolute Gasteiger partial charge is 0.497 e. The summed E-state index contributed by atoms with van der Waals surface area (Å²) in [6.07, 6.45) is 1.62. The lowest BCUT2D eigenvalue weighted by Gasteiger charge is -2.16. The monoisotopic (exact) mass is 460 g/mol. The summed E-state index contributed by atoms with van der Waals surface area (Å²) in [7, 11) is 1.60. The Hall–Kier alpha value is -3.04. The van der Waals surface area contributed by atoms with Crippen molar-refractivity contribution >= 4 is 23.4 Å². The molecule has 10 heteroatoms. The summed E-state index contributed by atoms with van der Waals surface area (Å²) in [5.74, 6) is 1.88. The van der Waals surface area contributed by atoms with Crippen molar-refractivity contribution in [1.29, 1.82) is 0 Å². The third kappa shape index (κ3) is 5.56. The van der Waals surface area contributed by atoms with E-state index in [0.29, 0.717) is 33.9 Å². The fraction of sp³-hybridized carbons (Fsp3) is 0.238. The molecular weight excluding hydrogens is 440 g/mol. The van der Waals surface area contributed by atoms with E-state index in [1.165, 1.54) is 11.8 Å². The fourth-order valence-electron chi connectivity index (χ4n) is 2.90. The quantitative estimate of drug-likeness (QED) is 0.183. The predicted molar refractivity (Wildman–Crippen MR) is 120 cm³/mol. The molecule has 0 spiro atoms. The maximum atomic E-state index is 11.4. The average Bonchev–Trinajstić information content (AvgIpc) is 3.12. The Bertz CT molecular complexity index is 1070. The van der Waals surface area contributed by atoms with Crippen LogP contribution in [0.1, 0.15) is 16.6 Å². The molecule has 1 heterocycles. The molecule has 0 fully saturated rings. The molecule has 0 amide bonds. The van der Waals surface area contributed by atoms with Crippen LogP contribution in [0.25, 0.3) is 5.69 Å². The lowest BCUT2D eigenvalue weighted by Crippen LogP contribution is -2.11. The predicted octanol–water partition coefficient (Wildman–Crippen LogP) is 4.91. The summed E-state index contributed by atoms with van der Waals surface area (Å²) in [6, 6.07) is 12.6. The van der Waals surface area contributed by atoms with Crippen LogP contribution in [0.5, 0.6) is 11.5 Å². The minimum atomic E-state index is -0.526. The summed E-state index contributed by atoms with van der Waals surface area (Å²) >= 11 is 7.58. The van der Waals surface area contributed by atoms with Crippen LogP contribution in [0.4, 0.5) is 0 Å². The number of rotatable bonds is 10. The van der Waals surface area contributed by atoms with Gasteiger partial charge >= 0.3 is 0 Å². The van der Waals surface area contributed by atoms with Crippen molar-refractivity contribution in [3.05, 3.63) is 81.6 Å². The molecule has 0 aliphatic rings. The Labute approximate surface area is 189 Å². The van der Waals surface area contributed by atoms with Gasteiger partial charge in [0.2, 0.25) is 6.54 Å². The number of benzene rings is 2. The Morgan fingerprint density at radius 3 is 2.65 bits per heavy atom. The molecule has 8 nitrogen and oxygen atoms in total. The fourth-order valence-corrected chi connectivity index (χ4v) is 4.31. The molecule has 0 aliphatic heterocycles. The smallest absolute Gasteiger partial charge is 0.220 e. The first-order valence-electron chi connectivity index (χ1n) is 9.31. The van der Waals surface area contributed by atoms with Gasteiger partial charge in [-0.15, -0.1) is 10.2 Å². The van der Waals surface area contributed by atoms with Crippen LogP contribution < -0.4 is 9.47 Å². The number of methoxy groups -OCH3 is 1. The van der Waals surface area contributed by atoms with E-state index in [1.54, 1.807) is 31.4 Å². The lowest BCUT2D eigenvalue weighted by molar-refractivity contribution is -0.479. The molecule has 3 rings (SSSR count). The number of nitro groups is 1. The van der Waals surface area contributed by atoms with Crippen molar-refractivity contribution < 1.29 is 14.4 Å². The highest BCUT2D eigenvalue weighted by atomic mass is 35.5. The van der Waals surface area contributed by atoms with Gasteiger partial charge in [-0.3, -0.25) is 14.7 Å². The number of aryl methyl sites for hydroxylation is 1. The molecule has 0 unspecified atom stereocenters. The normalized spacial score (nSPS) is 11.7. The molecule has 3 aromatic rings. The molecule has 31 heavy (non-hydrogen) atoms. The van der Waals surface area contributed by atoms with Crippen LogP contribution in [0.3, 0.4) is 0 Å². The van der Waals surface area contributed by atoms with Crippen LogP contribution in [0.2, 0.25) is 5.02 Å². The lowest BCUT2D eigenvalue weighted by atomic mass is 10.1. The van der Waals surface area contributed by atoms with Crippen molar-refractivity contribution in [3.8, 4) is 17.2 Å². The Morgan fingerprint density at radius 2 is 2.03 bits per heavy atom. The molecule has 2 aromatic carbocycles. The number of aromatic nitrogens is 3. The first kappa shape index (κ1) is 22.6. The van der Waals surface area contributed by atoms with E-state index >= 15 is 0 Å². The topological polar surface area (TPSA) is 92.3 Å². The van der Waals surface area contributed by atoms with Gasteiger partial charge in [-0.1, -0.05) is 42.1 Å². The standard InChI is InChI=1S/C21H21ClN4O4S/c1-4-11-30-19-10-5-15(12-18(19)22)20(13-25(27)28)31-21-24-23-14(2)26(21)16-6-8-17(29-3)9-7-16/h4-10,12,20H,1,11,13H2,2-3H3/t20-/m0/s1. The third-order valence-corrected chi connectivity index (χ3v) is 5.85. The highest BCUT2D eigenvalue weighted by Gasteiger charge is 2.24. The summed E-state index contributed by atoms with van der Waals surface area (Å²) in [4.78, 5) is 11.0. The minimum absolute atomic E-state index is 0.303. The third-order valence-electron chi connectivity index (χ3n) is 4.37. The molecule has 0 saturated heterocycles. The van der Waals surface area contributed by atoms with Crippen molar-refractivity contribution in [2.24, 2.45) is 0 Å². The second kappa shape index (κ2) is 10.3. The first-order chi connectivity index (χ1) is 14.9. The summed E-state index contributed by atoms with van der Waals surface area (Å²) in [6.45, 7) is 5.45. The average molecular weight is 461 g/mol. The van der Waals surface area contributed by atoms with E-state index in [2.05, 4.69) is 16.8 Å². The van der Waals surface area contributed by atoms with E-state index in [1.807, 2.05) is 35.8 Å². The van der Waals surface area contributed by atoms with Gasteiger partial charge in [0.1, 0.15) is 29.2 Å². The molecule has 0 bridgehead atoms. The van der Waals surface area contributed by atoms with Crippen LogP contribution in [-0.4, -0.2) is 39.9 Å². The Kier molecular flexibility index (Phi) is 7.54. The van der Waals surface area contributed by atoms with Gasteiger partial charge in [0, 0.05) is 10.6 Å². The highest BCUT2D eigenvalue weighted by Crippen LogP contribution is 2.38. The van der Waals surface area contributed by atoms with Crippen LogP contribution in [0, 0.1) is 17.0 Å². The zero-order valence-electron chi connectivity index (χ0n) is 17.0. The number of ether oxygens (including phenoxy) is 2. The summed E-state index contributed by atoms with van der Waals surface area (Å²) in [5, 5.41) is 20.2. The van der Waals surface area contributed by atoms with Crippen molar-refractivity contribution in [2.75, 3.05) is 20.3 Å². The maximum absolute atomic E-state index is 11.4. The van der Waals surface area contributed by atoms with Crippen molar-refractivity contribution in [2.45, 2.75) is 17.3 Å². The van der Waals surface area contributed by atoms with Gasteiger partial charge in [0.25, 0.3) is 0 Å². The second-order valence-corrected chi connectivity index (χ2v) is 8.05. The van der Waals surface area contributed by atoms with Crippen molar-refractivity contribution in [1.82, 2.24) is 14.8 Å². The van der Waals surface area contributed by atoms with Gasteiger partial charge in [-0.05, 0) is 48.9 Å². The molecule has 1 atom stereocenters. The Morgan fingerprint density at radius 1 is 1.29 bits per heavy atom. The number of nitrogens with zero attached hydrogens (tertiary/aromatic N) is 4. The number of halogens is 1. The summed E-state index contributed by atoms with van der Waals surface area (Å²) in [5.41, 5.74) is 1.52. The molecular formula is C21H21ClN4O4S. The first-order valence-corrected chi connectivity index (χ1v) is 10.6. The molecule has 0 N–H and O–H groups in total. The van der Waals surface area contributed by atoms with Gasteiger partial charge in [-0.2, -0.15) is 0 Å². The van der Waals surface area contributed by atoms with Gasteiger partial charge in [0.15, 0.2) is 5.16 Å². The zero-order valence-corrected chi connectivity index (χ0v) is 18.6. The van der Waals surface area contributed by atoms with Gasteiger partial charge < -0.3 is 9.47 Å². The van der Waals surface area contributed by atoms with E-state index in [4.69, 9.17) is 21.1 Å². The molecule has 0 radical (unpaired) electrons. The van der Waals surface area contributed by atoms with Crippen LogP contribution >= 0.6 is 23.4 Å². The van der Waals surface area contributed by atoms with Crippen LogP contribution in [0.15, 0.2) is 60.3 Å². The minimum Gasteiger partial charge on any atom is -0.497 e. The Balaban J connectivity index is 1.92. The SMILES string of the molecule is C=CCOc1ccc([C@H](C[N+](=O)[O-])Sc2nnc(C)n2-c2ccc(OC)cc2)cc1Cl. The molecule has 0 aliphatic carbocycles. The number of thioether (sulfide) groups is 1. The second-order valence-electron chi connectivity index (χ2n) is 6.47. The number of hydrogen-bond acceptors (Lipinski definition) is 7. The van der Waals surface area contributed by atoms with E-state index in [9.17, 15) is 10.1 Å². The summed E-state index contributed by atoms with van der Waals surface area (Å²) < 4.78 is 12.5. The van der Waals surface area contributed by atoms with E-state index in [0.717, 1.165) is 11.4 Å². The van der Waals surface area contributed by atoms with Crippen molar-refractivity contribution in [3.63, 3.8) is 0 Å². The highest BCUT2D eigenvalue weighted by molar-refractivity contribution is 7.99.